The molecular weight excluding hydrogens is 360 g/mol. The van der Waals surface area contributed by atoms with Crippen LogP contribution in [-0.4, -0.2) is 42.0 Å². The van der Waals surface area contributed by atoms with Gasteiger partial charge in [0, 0.05) is 31.6 Å². The molecule has 0 bridgehead atoms. The molecule has 2 aromatic rings. The molecule has 1 atom stereocenters. The number of methoxy groups -OCH3 is 1. The number of ether oxygens (including phenoxy) is 1. The first-order valence-corrected chi connectivity index (χ1v) is 10.3. The Morgan fingerprint density at radius 3 is 2.34 bits per heavy atom. The number of benzene rings is 2. The van der Waals surface area contributed by atoms with E-state index in [0.29, 0.717) is 13.0 Å². The molecule has 1 amide bonds. The molecule has 0 radical (unpaired) electrons. The van der Waals surface area contributed by atoms with E-state index in [-0.39, 0.29) is 18.0 Å². The van der Waals surface area contributed by atoms with Crippen LogP contribution in [0.5, 0.6) is 0 Å². The van der Waals surface area contributed by atoms with E-state index in [1.807, 2.05) is 23.2 Å². The third-order valence-corrected chi connectivity index (χ3v) is 5.72. The van der Waals surface area contributed by atoms with Crippen molar-refractivity contribution in [3.8, 4) is 0 Å². The fourth-order valence-electron chi connectivity index (χ4n) is 4.34. The highest BCUT2D eigenvalue weighted by Gasteiger charge is 2.31. The van der Waals surface area contributed by atoms with Crippen LogP contribution in [0.3, 0.4) is 0 Å². The van der Waals surface area contributed by atoms with Gasteiger partial charge in [-0.05, 0) is 30.4 Å². The molecule has 2 heterocycles. The van der Waals surface area contributed by atoms with Crippen molar-refractivity contribution in [2.45, 2.75) is 31.3 Å². The van der Waals surface area contributed by atoms with Crippen LogP contribution in [-0.2, 0) is 9.53 Å². The summed E-state index contributed by atoms with van der Waals surface area (Å²) in [7, 11) is 1.70. The molecular formula is C25H28N2O2. The minimum Gasteiger partial charge on any atom is -0.383 e. The van der Waals surface area contributed by atoms with Crippen LogP contribution in [0.2, 0.25) is 0 Å². The van der Waals surface area contributed by atoms with Gasteiger partial charge in [-0.3, -0.25) is 4.79 Å². The first kappa shape index (κ1) is 19.5. The molecule has 1 saturated heterocycles. The largest absolute Gasteiger partial charge is 0.383 e. The zero-order chi connectivity index (χ0) is 20.1. The second-order valence-corrected chi connectivity index (χ2v) is 7.66. The van der Waals surface area contributed by atoms with E-state index in [2.05, 4.69) is 65.7 Å². The maximum atomic E-state index is 13.3. The lowest BCUT2D eigenvalue weighted by Gasteiger charge is -2.33. The molecule has 29 heavy (non-hydrogen) atoms. The number of allylic oxidation sites excluding steroid dienone is 1. The summed E-state index contributed by atoms with van der Waals surface area (Å²) in [6.07, 6.45) is 8.95. The Bertz CT molecular complexity index is 837. The lowest BCUT2D eigenvalue weighted by molar-refractivity contribution is -0.129. The third kappa shape index (κ3) is 4.28. The number of hydrogen-bond acceptors (Lipinski definition) is 3. The molecule has 0 unspecified atom stereocenters. The Balaban J connectivity index is 1.64. The molecule has 0 aliphatic carbocycles. The minimum absolute atomic E-state index is 0.0325. The van der Waals surface area contributed by atoms with Crippen molar-refractivity contribution in [2.75, 3.05) is 20.3 Å². The van der Waals surface area contributed by atoms with Gasteiger partial charge in [0.2, 0.25) is 0 Å². The van der Waals surface area contributed by atoms with Crippen LogP contribution in [0.4, 0.5) is 0 Å². The number of rotatable bonds is 6. The number of carbonyl (C=O) groups is 1. The van der Waals surface area contributed by atoms with Crippen molar-refractivity contribution < 1.29 is 9.53 Å². The SMILES string of the molecule is COC[C@@H]1CCCN1C(=O)C1=CN(C(c2ccccc2)c2ccccc2)C=CC1. The zero-order valence-corrected chi connectivity index (χ0v) is 16.9. The number of likely N-dealkylation sites (tertiary alicyclic amines) is 1. The molecule has 0 aromatic heterocycles. The number of hydrogen-bond donors (Lipinski definition) is 0. The highest BCUT2D eigenvalue weighted by molar-refractivity contribution is 5.94. The normalized spacial score (nSPS) is 19.0. The minimum atomic E-state index is 0.0325. The molecule has 2 aromatic carbocycles. The number of amides is 1. The summed E-state index contributed by atoms with van der Waals surface area (Å²) in [4.78, 5) is 17.4. The lowest BCUT2D eigenvalue weighted by atomic mass is 9.96. The van der Waals surface area contributed by atoms with Crippen molar-refractivity contribution in [3.05, 3.63) is 95.8 Å². The molecule has 150 valence electrons. The Morgan fingerprint density at radius 2 is 1.72 bits per heavy atom. The van der Waals surface area contributed by atoms with Crippen molar-refractivity contribution in [2.24, 2.45) is 0 Å². The van der Waals surface area contributed by atoms with Gasteiger partial charge in [-0.2, -0.15) is 0 Å². The fourth-order valence-corrected chi connectivity index (χ4v) is 4.34. The molecule has 0 spiro atoms. The van der Waals surface area contributed by atoms with Crippen LogP contribution in [0.25, 0.3) is 0 Å². The van der Waals surface area contributed by atoms with Crippen molar-refractivity contribution in [1.29, 1.82) is 0 Å². The average molecular weight is 389 g/mol. The first-order chi connectivity index (χ1) is 14.3. The van der Waals surface area contributed by atoms with Gasteiger partial charge in [-0.25, -0.2) is 0 Å². The van der Waals surface area contributed by atoms with Crippen LogP contribution in [0, 0.1) is 0 Å². The second-order valence-electron chi connectivity index (χ2n) is 7.66. The van der Waals surface area contributed by atoms with Gasteiger partial charge in [0.1, 0.15) is 0 Å². The zero-order valence-electron chi connectivity index (χ0n) is 16.9. The summed E-state index contributed by atoms with van der Waals surface area (Å²) in [5.74, 6) is 0.138. The number of nitrogens with zero attached hydrogens (tertiary/aromatic N) is 2. The van der Waals surface area contributed by atoms with Crippen molar-refractivity contribution in [1.82, 2.24) is 9.80 Å². The molecule has 0 saturated carbocycles. The van der Waals surface area contributed by atoms with Gasteiger partial charge >= 0.3 is 0 Å². The predicted molar refractivity (Wildman–Crippen MR) is 115 cm³/mol. The highest BCUT2D eigenvalue weighted by Crippen LogP contribution is 2.32. The van der Waals surface area contributed by atoms with E-state index in [0.717, 1.165) is 25.0 Å². The van der Waals surface area contributed by atoms with Crippen LogP contribution < -0.4 is 0 Å². The monoisotopic (exact) mass is 388 g/mol. The van der Waals surface area contributed by atoms with Gasteiger partial charge in [-0.1, -0.05) is 66.7 Å². The van der Waals surface area contributed by atoms with Gasteiger partial charge in [0.15, 0.2) is 0 Å². The Labute approximate surface area is 173 Å². The fraction of sp³-hybridized carbons (Fsp3) is 0.320. The summed E-state index contributed by atoms with van der Waals surface area (Å²) in [6, 6.07) is 21.1. The van der Waals surface area contributed by atoms with Crippen LogP contribution in [0.1, 0.15) is 36.4 Å². The summed E-state index contributed by atoms with van der Waals surface area (Å²) in [5, 5.41) is 0. The van der Waals surface area contributed by atoms with Gasteiger partial charge < -0.3 is 14.5 Å². The van der Waals surface area contributed by atoms with E-state index in [1.165, 1.54) is 11.1 Å². The van der Waals surface area contributed by atoms with E-state index in [9.17, 15) is 4.79 Å². The summed E-state index contributed by atoms with van der Waals surface area (Å²) in [6.45, 7) is 1.42. The Hall–Kier alpha value is -2.85. The number of carbonyl (C=O) groups excluding carboxylic acids is 1. The van der Waals surface area contributed by atoms with Crippen LogP contribution >= 0.6 is 0 Å². The first-order valence-electron chi connectivity index (χ1n) is 10.3. The maximum absolute atomic E-state index is 13.3. The van der Waals surface area contributed by atoms with Crippen LogP contribution in [0.15, 0.2) is 84.7 Å². The molecule has 2 aliphatic rings. The van der Waals surface area contributed by atoms with Crippen molar-refractivity contribution >= 4 is 5.91 Å². The molecule has 4 nitrogen and oxygen atoms in total. The quantitative estimate of drug-likeness (QED) is 0.730. The Kier molecular flexibility index (Phi) is 6.11. The van der Waals surface area contributed by atoms with E-state index in [4.69, 9.17) is 4.74 Å². The van der Waals surface area contributed by atoms with Gasteiger partial charge in [-0.15, -0.1) is 0 Å². The molecule has 4 rings (SSSR count). The summed E-state index contributed by atoms with van der Waals surface area (Å²) >= 11 is 0. The Morgan fingerprint density at radius 1 is 1.07 bits per heavy atom. The third-order valence-electron chi connectivity index (χ3n) is 5.72. The topological polar surface area (TPSA) is 32.8 Å². The molecule has 1 fully saturated rings. The standard InChI is InChI=1S/C25H28N2O2/c1-29-19-23-15-9-17-27(23)25(28)22-14-8-16-26(18-22)24(20-10-4-2-5-11-20)21-12-6-3-7-13-21/h2-8,10-13,16,18,23-24H,9,14-15,17,19H2,1H3/t23-/m0/s1. The van der Waals surface area contributed by atoms with E-state index in [1.54, 1.807) is 7.11 Å². The highest BCUT2D eigenvalue weighted by atomic mass is 16.5. The van der Waals surface area contributed by atoms with Gasteiger partial charge in [0.25, 0.3) is 5.91 Å². The maximum Gasteiger partial charge on any atom is 0.251 e. The summed E-state index contributed by atoms with van der Waals surface area (Å²) < 4.78 is 5.33. The molecule has 2 aliphatic heterocycles. The average Bonchev–Trinajstić information content (AvgIpc) is 3.24. The molecule has 0 N–H and O–H groups in total. The van der Waals surface area contributed by atoms with E-state index < -0.39 is 0 Å². The summed E-state index contributed by atoms with van der Waals surface area (Å²) in [5.41, 5.74) is 3.24. The molecule has 4 heteroatoms. The lowest BCUT2D eigenvalue weighted by Crippen LogP contribution is -2.39. The second kappa shape index (κ2) is 9.10. The van der Waals surface area contributed by atoms with Gasteiger partial charge in [0.05, 0.1) is 18.7 Å². The van der Waals surface area contributed by atoms with Crippen molar-refractivity contribution in [3.63, 3.8) is 0 Å². The van der Waals surface area contributed by atoms with E-state index >= 15 is 0 Å². The smallest absolute Gasteiger partial charge is 0.251 e. The predicted octanol–water partition coefficient (Wildman–Crippen LogP) is 4.52.